The Bertz CT molecular complexity index is 721. The summed E-state index contributed by atoms with van der Waals surface area (Å²) >= 11 is 8.95. The topological polar surface area (TPSA) is 46.2 Å². The third-order valence-electron chi connectivity index (χ3n) is 2.30. The van der Waals surface area contributed by atoms with Gasteiger partial charge < -0.3 is 0 Å². The summed E-state index contributed by atoms with van der Waals surface area (Å²) in [6, 6.07) is 9.81. The Balaban J connectivity index is 2.40. The average Bonchev–Trinajstić information content (AvgIpc) is 2.33. The zero-order chi connectivity index (χ0) is 14.0. The molecule has 0 saturated heterocycles. The Morgan fingerprint density at radius 1 is 1.16 bits per heavy atom. The van der Waals surface area contributed by atoms with Crippen LogP contribution < -0.4 is 4.72 Å². The number of nitrogens with one attached hydrogen (secondary N) is 1. The maximum atomic E-state index is 12.9. The summed E-state index contributed by atoms with van der Waals surface area (Å²) in [5.41, 5.74) is 0.124. The van der Waals surface area contributed by atoms with Crippen molar-refractivity contribution >= 4 is 43.2 Å². The molecule has 2 aromatic rings. The predicted molar refractivity (Wildman–Crippen MR) is 76.4 cm³/mol. The average molecular weight is 365 g/mol. The zero-order valence-electron chi connectivity index (χ0n) is 9.40. The lowest BCUT2D eigenvalue weighted by Gasteiger charge is -2.10. The van der Waals surface area contributed by atoms with Gasteiger partial charge in [-0.05, 0) is 46.3 Å². The fourth-order valence-corrected chi connectivity index (χ4v) is 3.79. The normalized spacial score (nSPS) is 11.3. The van der Waals surface area contributed by atoms with Crippen LogP contribution in [-0.4, -0.2) is 8.42 Å². The van der Waals surface area contributed by atoms with Crippen LogP contribution in [0.1, 0.15) is 0 Å². The number of benzene rings is 2. The second-order valence-electron chi connectivity index (χ2n) is 3.66. The smallest absolute Gasteiger partial charge is 0.263 e. The minimum Gasteiger partial charge on any atom is -0.278 e. The predicted octanol–water partition coefficient (Wildman–Crippen LogP) is 4.04. The van der Waals surface area contributed by atoms with Crippen LogP contribution in [0.2, 0.25) is 5.02 Å². The van der Waals surface area contributed by atoms with Crippen LogP contribution in [0.25, 0.3) is 0 Å². The van der Waals surface area contributed by atoms with Crippen molar-refractivity contribution in [1.29, 1.82) is 0 Å². The number of anilines is 1. The Morgan fingerprint density at radius 3 is 2.47 bits per heavy atom. The fraction of sp³-hybridized carbons (Fsp3) is 0. The van der Waals surface area contributed by atoms with Crippen LogP contribution in [0.4, 0.5) is 10.1 Å². The van der Waals surface area contributed by atoms with Crippen LogP contribution in [0, 0.1) is 5.82 Å². The molecule has 3 nitrogen and oxygen atoms in total. The summed E-state index contributed by atoms with van der Waals surface area (Å²) in [5, 5.41) is -0.00405. The highest BCUT2D eigenvalue weighted by molar-refractivity contribution is 9.10. The summed E-state index contributed by atoms with van der Waals surface area (Å²) in [7, 11) is -3.78. The van der Waals surface area contributed by atoms with Crippen molar-refractivity contribution in [2.75, 3.05) is 4.72 Å². The minimum absolute atomic E-state index is 0.00405. The maximum absolute atomic E-state index is 12.9. The second-order valence-corrected chi connectivity index (χ2v) is 6.57. The van der Waals surface area contributed by atoms with Gasteiger partial charge in [-0.3, -0.25) is 4.72 Å². The monoisotopic (exact) mass is 363 g/mol. The lowest BCUT2D eigenvalue weighted by atomic mass is 10.3. The standard InChI is InChI=1S/C12H8BrClFNO2S/c13-9-3-1-2-4-12(9)19(17,18)16-11-6-5-8(15)7-10(11)14/h1-7,16H. The van der Waals surface area contributed by atoms with Gasteiger partial charge in [-0.1, -0.05) is 23.7 Å². The van der Waals surface area contributed by atoms with Gasteiger partial charge in [0.05, 0.1) is 10.7 Å². The molecule has 0 aliphatic carbocycles. The van der Waals surface area contributed by atoms with E-state index in [9.17, 15) is 12.8 Å². The first kappa shape index (κ1) is 14.3. The van der Waals surface area contributed by atoms with E-state index in [2.05, 4.69) is 20.7 Å². The van der Waals surface area contributed by atoms with Gasteiger partial charge in [-0.15, -0.1) is 0 Å². The number of halogens is 3. The molecule has 0 spiro atoms. The molecule has 100 valence electrons. The minimum atomic E-state index is -3.78. The molecule has 0 aliphatic heterocycles. The highest BCUT2D eigenvalue weighted by Gasteiger charge is 2.18. The van der Waals surface area contributed by atoms with Gasteiger partial charge >= 0.3 is 0 Å². The lowest BCUT2D eigenvalue weighted by molar-refractivity contribution is 0.600. The molecule has 0 amide bonds. The third-order valence-corrected chi connectivity index (χ3v) is 4.99. The van der Waals surface area contributed by atoms with Gasteiger partial charge in [-0.2, -0.15) is 0 Å². The lowest BCUT2D eigenvalue weighted by Crippen LogP contribution is -2.13. The summed E-state index contributed by atoms with van der Waals surface area (Å²) in [5.74, 6) is -0.533. The summed E-state index contributed by atoms with van der Waals surface area (Å²) in [6.45, 7) is 0. The van der Waals surface area contributed by atoms with E-state index in [0.717, 1.165) is 12.1 Å². The molecule has 7 heteroatoms. The SMILES string of the molecule is O=S(=O)(Nc1ccc(F)cc1Cl)c1ccccc1Br. The molecule has 0 aliphatic rings. The fourth-order valence-electron chi connectivity index (χ4n) is 1.43. The van der Waals surface area contributed by atoms with Crippen molar-refractivity contribution in [3.63, 3.8) is 0 Å². The van der Waals surface area contributed by atoms with Crippen LogP contribution in [0.5, 0.6) is 0 Å². The summed E-state index contributed by atoms with van der Waals surface area (Å²) < 4.78 is 40.0. The van der Waals surface area contributed by atoms with E-state index in [1.54, 1.807) is 18.2 Å². The third kappa shape index (κ3) is 3.26. The largest absolute Gasteiger partial charge is 0.278 e. The van der Waals surface area contributed by atoms with E-state index in [1.165, 1.54) is 12.1 Å². The van der Waals surface area contributed by atoms with E-state index in [0.29, 0.717) is 4.47 Å². The number of sulfonamides is 1. The van der Waals surface area contributed by atoms with E-state index >= 15 is 0 Å². The Labute approximate surface area is 123 Å². The van der Waals surface area contributed by atoms with Crippen molar-refractivity contribution in [3.8, 4) is 0 Å². The quantitative estimate of drug-likeness (QED) is 0.893. The number of hydrogen-bond acceptors (Lipinski definition) is 2. The first-order valence-electron chi connectivity index (χ1n) is 5.12. The molecule has 0 unspecified atom stereocenters. The van der Waals surface area contributed by atoms with Crippen LogP contribution in [0.15, 0.2) is 51.8 Å². The van der Waals surface area contributed by atoms with Gasteiger partial charge in [0.15, 0.2) is 0 Å². The highest BCUT2D eigenvalue weighted by Crippen LogP contribution is 2.27. The molecule has 0 heterocycles. The highest BCUT2D eigenvalue weighted by atomic mass is 79.9. The summed E-state index contributed by atoms with van der Waals surface area (Å²) in [6.07, 6.45) is 0. The van der Waals surface area contributed by atoms with Gasteiger partial charge in [0.1, 0.15) is 10.7 Å². The van der Waals surface area contributed by atoms with E-state index in [1.807, 2.05) is 0 Å². The molecule has 0 radical (unpaired) electrons. The molecule has 19 heavy (non-hydrogen) atoms. The Hall–Kier alpha value is -1.11. The molecule has 0 fully saturated rings. The molecule has 2 rings (SSSR count). The van der Waals surface area contributed by atoms with Crippen LogP contribution in [0.3, 0.4) is 0 Å². The van der Waals surface area contributed by atoms with Crippen molar-refractivity contribution in [3.05, 3.63) is 57.8 Å². The summed E-state index contributed by atoms with van der Waals surface area (Å²) in [4.78, 5) is 0.0791. The van der Waals surface area contributed by atoms with E-state index < -0.39 is 15.8 Å². The van der Waals surface area contributed by atoms with Gasteiger partial charge in [0.2, 0.25) is 0 Å². The van der Waals surface area contributed by atoms with Crippen LogP contribution in [-0.2, 0) is 10.0 Å². The Kier molecular flexibility index (Phi) is 4.13. The van der Waals surface area contributed by atoms with Gasteiger partial charge in [0, 0.05) is 4.47 Å². The second kappa shape index (κ2) is 5.48. The van der Waals surface area contributed by atoms with Gasteiger partial charge in [-0.25, -0.2) is 12.8 Å². The molecule has 0 atom stereocenters. The van der Waals surface area contributed by atoms with Crippen molar-refractivity contribution < 1.29 is 12.8 Å². The van der Waals surface area contributed by atoms with Crippen molar-refractivity contribution in [1.82, 2.24) is 0 Å². The number of hydrogen-bond donors (Lipinski definition) is 1. The van der Waals surface area contributed by atoms with Crippen LogP contribution >= 0.6 is 27.5 Å². The maximum Gasteiger partial charge on any atom is 0.263 e. The first-order chi connectivity index (χ1) is 8.90. The van der Waals surface area contributed by atoms with Crippen molar-refractivity contribution in [2.45, 2.75) is 4.90 Å². The number of rotatable bonds is 3. The molecule has 0 saturated carbocycles. The molecule has 2 aromatic carbocycles. The molecular weight excluding hydrogens is 357 g/mol. The molecule has 0 aromatic heterocycles. The molecule has 0 bridgehead atoms. The molecular formula is C12H8BrClFNO2S. The van der Waals surface area contributed by atoms with E-state index in [4.69, 9.17) is 11.6 Å². The van der Waals surface area contributed by atoms with Crippen molar-refractivity contribution in [2.24, 2.45) is 0 Å². The Morgan fingerprint density at radius 2 is 1.84 bits per heavy atom. The van der Waals surface area contributed by atoms with Gasteiger partial charge in [0.25, 0.3) is 10.0 Å². The zero-order valence-corrected chi connectivity index (χ0v) is 12.6. The molecule has 1 N–H and O–H groups in total. The van der Waals surface area contributed by atoms with E-state index in [-0.39, 0.29) is 15.6 Å². The first-order valence-corrected chi connectivity index (χ1v) is 7.78.